The highest BCUT2D eigenvalue weighted by molar-refractivity contribution is 14.0. The van der Waals surface area contributed by atoms with Crippen molar-refractivity contribution in [2.24, 2.45) is 4.99 Å². The van der Waals surface area contributed by atoms with Crippen molar-refractivity contribution in [3.8, 4) is 0 Å². The van der Waals surface area contributed by atoms with Gasteiger partial charge in [-0.25, -0.2) is 4.98 Å². The number of aromatic nitrogens is 1. The maximum atomic E-state index is 5.65. The topological polar surface area (TPSA) is 65.0 Å². The summed E-state index contributed by atoms with van der Waals surface area (Å²) in [6.45, 7) is 7.43. The van der Waals surface area contributed by atoms with Crippen LogP contribution in [0.25, 0.3) is 0 Å². The summed E-state index contributed by atoms with van der Waals surface area (Å²) in [5.74, 6) is 1.86. The van der Waals surface area contributed by atoms with Crippen LogP contribution in [0.15, 0.2) is 53.7 Å². The number of rotatable bonds is 5. The highest BCUT2D eigenvalue weighted by Crippen LogP contribution is 2.19. The van der Waals surface area contributed by atoms with Gasteiger partial charge >= 0.3 is 0 Å². The van der Waals surface area contributed by atoms with Gasteiger partial charge in [0.2, 0.25) is 0 Å². The maximum absolute atomic E-state index is 5.65. The molecule has 4 rings (SSSR count). The largest absolute Gasteiger partial charge is 0.375 e. The fourth-order valence-electron chi connectivity index (χ4n) is 4.31. The van der Waals surface area contributed by atoms with Crippen LogP contribution in [0.3, 0.4) is 0 Å². The van der Waals surface area contributed by atoms with E-state index in [1.165, 1.54) is 17.7 Å². The average Bonchev–Trinajstić information content (AvgIpc) is 2.83. The van der Waals surface area contributed by atoms with Crippen molar-refractivity contribution in [2.75, 3.05) is 49.6 Å². The Kier molecular flexibility index (Phi) is 9.40. The molecule has 8 heteroatoms. The van der Waals surface area contributed by atoms with Gasteiger partial charge in [0, 0.05) is 57.7 Å². The molecule has 0 radical (unpaired) electrons. The van der Waals surface area contributed by atoms with Crippen molar-refractivity contribution < 1.29 is 4.74 Å². The lowest BCUT2D eigenvalue weighted by atomic mass is 10.1. The zero-order chi connectivity index (χ0) is 21.5. The molecule has 7 nitrogen and oxygen atoms in total. The van der Waals surface area contributed by atoms with Gasteiger partial charge in [-0.3, -0.25) is 4.99 Å². The van der Waals surface area contributed by atoms with Gasteiger partial charge in [0.15, 0.2) is 5.96 Å². The van der Waals surface area contributed by atoms with Crippen LogP contribution in [0, 0.1) is 0 Å². The van der Waals surface area contributed by atoms with Gasteiger partial charge in [0.05, 0.1) is 12.7 Å². The van der Waals surface area contributed by atoms with E-state index < -0.39 is 0 Å². The van der Waals surface area contributed by atoms with Gasteiger partial charge in [-0.05, 0) is 49.6 Å². The minimum absolute atomic E-state index is 0. The van der Waals surface area contributed by atoms with Crippen molar-refractivity contribution in [3.05, 3.63) is 54.2 Å². The number of anilines is 2. The summed E-state index contributed by atoms with van der Waals surface area (Å²) in [6, 6.07) is 15.3. The number of nitrogens with one attached hydrogen (secondary N) is 2. The van der Waals surface area contributed by atoms with Crippen LogP contribution in [0.4, 0.5) is 11.5 Å². The number of halogens is 1. The predicted octanol–water partition coefficient (Wildman–Crippen LogP) is 3.26. The Morgan fingerprint density at radius 1 is 1.16 bits per heavy atom. The fraction of sp³-hybridized carbons (Fsp3) is 0.500. The second-order valence-corrected chi connectivity index (χ2v) is 8.34. The van der Waals surface area contributed by atoms with E-state index in [-0.39, 0.29) is 30.1 Å². The van der Waals surface area contributed by atoms with Gasteiger partial charge in [0.1, 0.15) is 5.82 Å². The number of aliphatic imine (C=N–C) groups is 1. The van der Waals surface area contributed by atoms with E-state index in [1.807, 2.05) is 13.2 Å². The smallest absolute Gasteiger partial charge is 0.191 e. The first-order valence-electron chi connectivity index (χ1n) is 11.3. The van der Waals surface area contributed by atoms with E-state index in [1.54, 1.807) is 0 Å². The van der Waals surface area contributed by atoms with Crippen LogP contribution in [0.5, 0.6) is 0 Å². The monoisotopic (exact) mass is 550 g/mol. The SMILES string of the molecule is CN=C(NCc1ccnc(N2CCOC(C)C2)c1)NC1CCCN(c2ccccc2)C1.I. The summed E-state index contributed by atoms with van der Waals surface area (Å²) in [5, 5.41) is 7.09. The lowest BCUT2D eigenvalue weighted by Crippen LogP contribution is -2.51. The highest BCUT2D eigenvalue weighted by Gasteiger charge is 2.21. The number of guanidine groups is 1. The summed E-state index contributed by atoms with van der Waals surface area (Å²) in [7, 11) is 1.83. The number of benzene rings is 1. The molecule has 0 spiro atoms. The van der Waals surface area contributed by atoms with Crippen LogP contribution in [-0.4, -0.2) is 62.9 Å². The third-order valence-corrected chi connectivity index (χ3v) is 5.94. The number of hydrogen-bond acceptors (Lipinski definition) is 5. The molecule has 0 amide bonds. The molecule has 2 atom stereocenters. The third-order valence-electron chi connectivity index (χ3n) is 5.94. The molecule has 2 aliphatic rings. The first-order chi connectivity index (χ1) is 15.2. The van der Waals surface area contributed by atoms with Crippen LogP contribution >= 0.6 is 24.0 Å². The van der Waals surface area contributed by atoms with E-state index in [0.717, 1.165) is 51.0 Å². The second-order valence-electron chi connectivity index (χ2n) is 8.34. The normalized spacial score (nSPS) is 21.6. The van der Waals surface area contributed by atoms with E-state index in [4.69, 9.17) is 4.74 Å². The number of pyridine rings is 1. The van der Waals surface area contributed by atoms with E-state index in [2.05, 4.69) is 79.8 Å². The molecule has 0 aliphatic carbocycles. The Hall–Kier alpha value is -2.07. The average molecular weight is 550 g/mol. The number of morpholine rings is 1. The molecule has 3 heterocycles. The van der Waals surface area contributed by atoms with Crippen LogP contribution in [-0.2, 0) is 11.3 Å². The van der Waals surface area contributed by atoms with Crippen molar-refractivity contribution in [1.82, 2.24) is 15.6 Å². The van der Waals surface area contributed by atoms with Crippen LogP contribution < -0.4 is 20.4 Å². The molecule has 1 aromatic carbocycles. The predicted molar refractivity (Wildman–Crippen MR) is 142 cm³/mol. The minimum Gasteiger partial charge on any atom is -0.375 e. The minimum atomic E-state index is 0. The molecular weight excluding hydrogens is 515 g/mol. The number of nitrogens with zero attached hydrogens (tertiary/aromatic N) is 4. The standard InChI is InChI=1S/C24H34N6O.HI/c1-19-17-30(13-14-31-19)23-15-20(10-11-26-23)16-27-24(25-2)28-21-7-6-12-29(18-21)22-8-4-3-5-9-22;/h3-5,8-11,15,19,21H,6-7,12-14,16-18H2,1-2H3,(H2,25,27,28);1H. The van der Waals surface area contributed by atoms with Crippen molar-refractivity contribution in [2.45, 2.75) is 38.5 Å². The molecule has 0 bridgehead atoms. The Balaban J connectivity index is 0.00000289. The summed E-state index contributed by atoms with van der Waals surface area (Å²) in [5.41, 5.74) is 2.49. The van der Waals surface area contributed by atoms with Gasteiger partial charge in [-0.2, -0.15) is 0 Å². The zero-order valence-electron chi connectivity index (χ0n) is 19.0. The molecule has 2 N–H and O–H groups in total. The molecule has 2 fully saturated rings. The van der Waals surface area contributed by atoms with E-state index >= 15 is 0 Å². The molecule has 174 valence electrons. The van der Waals surface area contributed by atoms with E-state index in [9.17, 15) is 0 Å². The first kappa shape index (κ1) is 24.6. The van der Waals surface area contributed by atoms with Crippen molar-refractivity contribution in [3.63, 3.8) is 0 Å². The fourth-order valence-corrected chi connectivity index (χ4v) is 4.31. The lowest BCUT2D eigenvalue weighted by Gasteiger charge is -2.35. The summed E-state index contributed by atoms with van der Waals surface area (Å²) in [6.07, 6.45) is 4.46. The van der Waals surface area contributed by atoms with E-state index in [0.29, 0.717) is 12.6 Å². The Bertz CT molecular complexity index is 865. The van der Waals surface area contributed by atoms with Gasteiger partial charge < -0.3 is 25.2 Å². The number of ether oxygens (including phenoxy) is 1. The maximum Gasteiger partial charge on any atom is 0.191 e. The Labute approximate surface area is 208 Å². The van der Waals surface area contributed by atoms with Gasteiger partial charge in [0.25, 0.3) is 0 Å². The Morgan fingerprint density at radius 2 is 2.00 bits per heavy atom. The number of piperidine rings is 1. The highest BCUT2D eigenvalue weighted by atomic mass is 127. The van der Waals surface area contributed by atoms with Gasteiger partial charge in [-0.15, -0.1) is 24.0 Å². The third kappa shape index (κ3) is 6.71. The van der Waals surface area contributed by atoms with Crippen molar-refractivity contribution >= 4 is 41.4 Å². The first-order valence-corrected chi connectivity index (χ1v) is 11.3. The molecule has 1 aromatic heterocycles. The quantitative estimate of drug-likeness (QED) is 0.339. The summed E-state index contributed by atoms with van der Waals surface area (Å²) >= 11 is 0. The molecule has 2 aromatic rings. The summed E-state index contributed by atoms with van der Waals surface area (Å²) < 4.78 is 5.65. The second kappa shape index (κ2) is 12.2. The van der Waals surface area contributed by atoms with Crippen LogP contribution in [0.2, 0.25) is 0 Å². The van der Waals surface area contributed by atoms with Crippen molar-refractivity contribution in [1.29, 1.82) is 0 Å². The van der Waals surface area contributed by atoms with Crippen LogP contribution in [0.1, 0.15) is 25.3 Å². The number of hydrogen-bond donors (Lipinski definition) is 2. The molecule has 0 saturated carbocycles. The molecule has 2 saturated heterocycles. The van der Waals surface area contributed by atoms with Gasteiger partial charge in [-0.1, -0.05) is 18.2 Å². The molecule has 2 unspecified atom stereocenters. The zero-order valence-corrected chi connectivity index (χ0v) is 21.4. The molecule has 32 heavy (non-hydrogen) atoms. The molecule has 2 aliphatic heterocycles. The summed E-state index contributed by atoms with van der Waals surface area (Å²) in [4.78, 5) is 13.8. The Morgan fingerprint density at radius 3 is 2.78 bits per heavy atom. The number of para-hydroxylation sites is 1. The lowest BCUT2D eigenvalue weighted by molar-refractivity contribution is 0.0529. The molecular formula is C24H35IN6O.